The summed E-state index contributed by atoms with van der Waals surface area (Å²) in [4.78, 5) is 23.3. The molecule has 0 aliphatic carbocycles. The summed E-state index contributed by atoms with van der Waals surface area (Å²) < 4.78 is 5.23. The molecule has 1 aliphatic rings. The molecule has 1 unspecified atom stereocenters. The fourth-order valence-electron chi connectivity index (χ4n) is 4.61. The number of aromatic nitrogens is 2. The van der Waals surface area contributed by atoms with Crippen molar-refractivity contribution in [3.8, 4) is 0 Å². The summed E-state index contributed by atoms with van der Waals surface area (Å²) in [7, 11) is 0. The number of aromatic amines is 1. The summed E-state index contributed by atoms with van der Waals surface area (Å²) in [5.41, 5.74) is 5.21. The van der Waals surface area contributed by atoms with E-state index in [2.05, 4.69) is 40.3 Å². The molecule has 158 valence electrons. The van der Waals surface area contributed by atoms with E-state index in [1.807, 2.05) is 24.4 Å². The van der Waals surface area contributed by atoms with E-state index in [0.29, 0.717) is 5.76 Å². The molecule has 0 saturated carbocycles. The topological polar surface area (TPSA) is 74.2 Å². The number of carbonyl (C=O) groups excluding carboxylic acids is 1. The summed E-state index contributed by atoms with van der Waals surface area (Å²) in [6.45, 7) is 4.24. The molecule has 4 aromatic rings. The maximum absolute atomic E-state index is 12.5. The van der Waals surface area contributed by atoms with E-state index in [-0.39, 0.29) is 11.9 Å². The molecule has 1 saturated heterocycles. The second-order valence-corrected chi connectivity index (χ2v) is 8.11. The quantitative estimate of drug-likeness (QED) is 0.465. The number of furan rings is 1. The van der Waals surface area contributed by atoms with Gasteiger partial charge in [0.15, 0.2) is 5.76 Å². The van der Waals surface area contributed by atoms with Crippen molar-refractivity contribution in [2.24, 2.45) is 0 Å². The highest BCUT2D eigenvalue weighted by Gasteiger charge is 2.29. The zero-order valence-corrected chi connectivity index (χ0v) is 17.6. The number of hydrogen-bond acceptors (Lipinski definition) is 4. The molecule has 3 aromatic heterocycles. The number of rotatable bonds is 5. The Morgan fingerprint density at radius 2 is 2.00 bits per heavy atom. The Morgan fingerprint density at radius 3 is 2.74 bits per heavy atom. The molecule has 0 bridgehead atoms. The van der Waals surface area contributed by atoms with Crippen molar-refractivity contribution in [3.05, 3.63) is 83.7 Å². The number of carbonyl (C=O) groups is 1. The maximum Gasteiger partial charge on any atom is 0.291 e. The lowest BCUT2D eigenvalue weighted by atomic mass is 9.95. The maximum atomic E-state index is 12.5. The van der Waals surface area contributed by atoms with Crippen LogP contribution in [0.2, 0.25) is 0 Å². The van der Waals surface area contributed by atoms with E-state index in [9.17, 15) is 4.79 Å². The Bertz CT molecular complexity index is 1180. The first-order chi connectivity index (χ1) is 15.2. The molecule has 1 aromatic carbocycles. The standard InChI is InChI=1S/C25H26N4O2/c1-17-23(24(21-8-3-4-12-26-21)29-13-5-2-6-14-29)19-16-18(10-11-20(19)27-17)28-25(30)22-9-7-15-31-22/h3-4,7-12,15-16,24,27H,2,5-6,13-14H2,1H3,(H,28,30). The van der Waals surface area contributed by atoms with Gasteiger partial charge in [-0.3, -0.25) is 14.7 Å². The zero-order chi connectivity index (χ0) is 21.2. The van der Waals surface area contributed by atoms with Gasteiger partial charge in [-0.2, -0.15) is 0 Å². The molecule has 1 atom stereocenters. The second-order valence-electron chi connectivity index (χ2n) is 8.11. The van der Waals surface area contributed by atoms with Crippen LogP contribution >= 0.6 is 0 Å². The number of hydrogen-bond donors (Lipinski definition) is 2. The number of nitrogens with zero attached hydrogens (tertiary/aromatic N) is 2. The van der Waals surface area contributed by atoms with E-state index in [4.69, 9.17) is 9.40 Å². The number of anilines is 1. The van der Waals surface area contributed by atoms with Crippen LogP contribution in [0, 0.1) is 6.92 Å². The first kappa shape index (κ1) is 19.6. The molecule has 0 radical (unpaired) electrons. The average molecular weight is 415 g/mol. The van der Waals surface area contributed by atoms with Gasteiger partial charge in [0.2, 0.25) is 0 Å². The summed E-state index contributed by atoms with van der Waals surface area (Å²) in [5, 5.41) is 4.06. The Balaban J connectivity index is 1.58. The van der Waals surface area contributed by atoms with Gasteiger partial charge in [-0.25, -0.2) is 0 Å². The van der Waals surface area contributed by atoms with Gasteiger partial charge in [-0.1, -0.05) is 12.5 Å². The number of amides is 1. The second kappa shape index (κ2) is 8.40. The average Bonchev–Trinajstić information content (AvgIpc) is 3.44. The molecule has 0 spiro atoms. The van der Waals surface area contributed by atoms with Crippen LogP contribution in [0.15, 0.2) is 65.4 Å². The van der Waals surface area contributed by atoms with E-state index >= 15 is 0 Å². The van der Waals surface area contributed by atoms with Crippen molar-refractivity contribution < 1.29 is 9.21 Å². The van der Waals surface area contributed by atoms with Crippen LogP contribution in [0.3, 0.4) is 0 Å². The first-order valence-corrected chi connectivity index (χ1v) is 10.8. The van der Waals surface area contributed by atoms with Crippen molar-refractivity contribution in [1.82, 2.24) is 14.9 Å². The summed E-state index contributed by atoms with van der Waals surface area (Å²) >= 11 is 0. The van der Waals surface area contributed by atoms with E-state index in [1.165, 1.54) is 31.1 Å². The molecule has 6 heteroatoms. The normalized spacial score (nSPS) is 15.8. The van der Waals surface area contributed by atoms with Crippen LogP contribution in [0.4, 0.5) is 5.69 Å². The minimum absolute atomic E-state index is 0.0753. The lowest BCUT2D eigenvalue weighted by molar-refractivity contribution is 0.0996. The Labute approximate surface area is 181 Å². The number of piperidine rings is 1. The highest BCUT2D eigenvalue weighted by Crippen LogP contribution is 2.37. The van der Waals surface area contributed by atoms with Crippen molar-refractivity contribution in [3.63, 3.8) is 0 Å². The fourth-order valence-corrected chi connectivity index (χ4v) is 4.61. The molecule has 4 heterocycles. The zero-order valence-electron chi connectivity index (χ0n) is 17.6. The van der Waals surface area contributed by atoms with Gasteiger partial charge < -0.3 is 14.7 Å². The molecule has 1 aliphatic heterocycles. The Hall–Kier alpha value is -3.38. The monoisotopic (exact) mass is 414 g/mol. The molecule has 6 nitrogen and oxygen atoms in total. The Kier molecular flexibility index (Phi) is 5.30. The number of fused-ring (bicyclic) bond motifs is 1. The molecule has 1 fully saturated rings. The van der Waals surface area contributed by atoms with Crippen LogP contribution in [-0.2, 0) is 0 Å². The highest BCUT2D eigenvalue weighted by molar-refractivity contribution is 6.03. The molecule has 5 rings (SSSR count). The van der Waals surface area contributed by atoms with Gasteiger partial charge in [-0.05, 0) is 75.3 Å². The third kappa shape index (κ3) is 3.86. The van der Waals surface area contributed by atoms with E-state index in [0.717, 1.165) is 41.1 Å². The van der Waals surface area contributed by atoms with Crippen LogP contribution in [0.5, 0.6) is 0 Å². The van der Waals surface area contributed by atoms with Gasteiger partial charge in [0.1, 0.15) is 0 Å². The van der Waals surface area contributed by atoms with Gasteiger partial charge in [0, 0.05) is 34.0 Å². The summed E-state index contributed by atoms with van der Waals surface area (Å²) in [6.07, 6.45) is 7.05. The number of benzene rings is 1. The first-order valence-electron chi connectivity index (χ1n) is 10.8. The minimum atomic E-state index is -0.254. The van der Waals surface area contributed by atoms with E-state index < -0.39 is 0 Å². The highest BCUT2D eigenvalue weighted by atomic mass is 16.3. The predicted octanol–water partition coefficient (Wildman–Crippen LogP) is 5.29. The SMILES string of the molecule is Cc1[nH]c2ccc(NC(=O)c3ccco3)cc2c1C(c1ccccn1)N1CCCCC1. The summed E-state index contributed by atoms with van der Waals surface area (Å²) in [6, 6.07) is 15.6. The molecule has 1 amide bonds. The van der Waals surface area contributed by atoms with Crippen LogP contribution < -0.4 is 5.32 Å². The molecule has 31 heavy (non-hydrogen) atoms. The third-order valence-electron chi connectivity index (χ3n) is 6.04. The van der Waals surface area contributed by atoms with Crippen molar-refractivity contribution in [2.45, 2.75) is 32.2 Å². The number of pyridine rings is 1. The van der Waals surface area contributed by atoms with Gasteiger partial charge in [0.05, 0.1) is 18.0 Å². The lowest BCUT2D eigenvalue weighted by Gasteiger charge is -2.34. The van der Waals surface area contributed by atoms with Crippen LogP contribution in [-0.4, -0.2) is 33.9 Å². The molecular weight excluding hydrogens is 388 g/mol. The lowest BCUT2D eigenvalue weighted by Crippen LogP contribution is -2.35. The minimum Gasteiger partial charge on any atom is -0.459 e. The van der Waals surface area contributed by atoms with Gasteiger partial charge in [0.25, 0.3) is 5.91 Å². The van der Waals surface area contributed by atoms with E-state index in [1.54, 1.807) is 12.1 Å². The number of likely N-dealkylation sites (tertiary alicyclic amines) is 1. The third-order valence-corrected chi connectivity index (χ3v) is 6.04. The summed E-state index contributed by atoms with van der Waals surface area (Å²) in [5.74, 6) is 0.0423. The van der Waals surface area contributed by atoms with Crippen LogP contribution in [0.25, 0.3) is 10.9 Å². The van der Waals surface area contributed by atoms with Gasteiger partial charge >= 0.3 is 0 Å². The van der Waals surface area contributed by atoms with Crippen molar-refractivity contribution in [2.75, 3.05) is 18.4 Å². The number of nitrogens with one attached hydrogen (secondary N) is 2. The van der Waals surface area contributed by atoms with Crippen molar-refractivity contribution in [1.29, 1.82) is 0 Å². The smallest absolute Gasteiger partial charge is 0.291 e. The fraction of sp³-hybridized carbons (Fsp3) is 0.280. The number of H-pyrrole nitrogens is 1. The molecular formula is C25H26N4O2. The Morgan fingerprint density at radius 1 is 1.13 bits per heavy atom. The van der Waals surface area contributed by atoms with Crippen molar-refractivity contribution >= 4 is 22.5 Å². The number of aryl methyl sites for hydroxylation is 1. The molecule has 2 N–H and O–H groups in total. The predicted molar refractivity (Wildman–Crippen MR) is 121 cm³/mol. The van der Waals surface area contributed by atoms with Crippen LogP contribution in [0.1, 0.15) is 52.8 Å². The van der Waals surface area contributed by atoms with Gasteiger partial charge in [-0.15, -0.1) is 0 Å². The largest absolute Gasteiger partial charge is 0.459 e.